The Morgan fingerprint density at radius 2 is 1.12 bits per heavy atom. The summed E-state index contributed by atoms with van der Waals surface area (Å²) in [4.78, 5) is 20.7. The summed E-state index contributed by atoms with van der Waals surface area (Å²) in [6.45, 7) is 0. The van der Waals surface area contributed by atoms with Crippen LogP contribution in [-0.2, 0) is 0 Å². The molecule has 0 aliphatic carbocycles. The van der Waals surface area contributed by atoms with Crippen LogP contribution in [0.4, 0.5) is 0 Å². The molecule has 0 atom stereocenters. The highest BCUT2D eigenvalue weighted by Gasteiger charge is 2.04. The van der Waals surface area contributed by atoms with Gasteiger partial charge in [-0.15, -0.1) is 0 Å². The molecule has 88 valence electrons. The molecule has 1 aromatic carbocycles. The minimum absolute atomic E-state index is 0.0833. The van der Waals surface area contributed by atoms with Crippen molar-refractivity contribution in [2.75, 3.05) is 12.5 Å². The molecule has 0 aromatic heterocycles. The Morgan fingerprint density at radius 1 is 0.875 bits per heavy atom. The summed E-state index contributed by atoms with van der Waals surface area (Å²) in [5.41, 5.74) is 0.167. The first-order chi connectivity index (χ1) is 7.52. The molecule has 0 radical (unpaired) electrons. The molecule has 0 unspecified atom stereocenters. The maximum absolute atomic E-state index is 10.3. The summed E-state index contributed by atoms with van der Waals surface area (Å²) in [7, 11) is 3.55. The standard InChI is InChI=1S/C8H6O4.C2H6S2/c9-7(10)5-1-2-6(4-3-5)8(11)12;1-3-4-2/h1-4H,(H,9,10)(H,11,12);1-2H3. The van der Waals surface area contributed by atoms with Gasteiger partial charge in [-0.2, -0.15) is 0 Å². The van der Waals surface area contributed by atoms with E-state index in [9.17, 15) is 9.59 Å². The van der Waals surface area contributed by atoms with Crippen LogP contribution in [0.5, 0.6) is 0 Å². The molecule has 0 bridgehead atoms. The van der Waals surface area contributed by atoms with Crippen molar-refractivity contribution in [1.82, 2.24) is 0 Å². The number of carboxylic acids is 2. The lowest BCUT2D eigenvalue weighted by atomic mass is 10.1. The third-order valence-corrected chi connectivity index (χ3v) is 2.88. The van der Waals surface area contributed by atoms with Crippen LogP contribution in [0.3, 0.4) is 0 Å². The van der Waals surface area contributed by atoms with E-state index in [1.54, 1.807) is 21.6 Å². The molecule has 0 saturated carbocycles. The number of hydrogen-bond donors (Lipinski definition) is 2. The molecule has 0 amide bonds. The Balaban J connectivity index is 0.000000487. The van der Waals surface area contributed by atoms with Gasteiger partial charge in [0.1, 0.15) is 0 Å². The molecule has 1 rings (SSSR count). The Bertz CT molecular complexity index is 313. The fourth-order valence-corrected chi connectivity index (χ4v) is 0.755. The van der Waals surface area contributed by atoms with Gasteiger partial charge >= 0.3 is 11.9 Å². The number of benzene rings is 1. The smallest absolute Gasteiger partial charge is 0.335 e. The van der Waals surface area contributed by atoms with Gasteiger partial charge in [0.05, 0.1) is 11.1 Å². The van der Waals surface area contributed by atoms with E-state index in [4.69, 9.17) is 10.2 Å². The monoisotopic (exact) mass is 260 g/mol. The topological polar surface area (TPSA) is 74.6 Å². The average molecular weight is 260 g/mol. The molecule has 2 N–H and O–H groups in total. The predicted molar refractivity (Wildman–Crippen MR) is 67.4 cm³/mol. The predicted octanol–water partition coefficient (Wildman–Crippen LogP) is 2.71. The van der Waals surface area contributed by atoms with E-state index >= 15 is 0 Å². The lowest BCUT2D eigenvalue weighted by molar-refractivity contribution is 0.0681. The van der Waals surface area contributed by atoms with Crippen LogP contribution in [0.25, 0.3) is 0 Å². The lowest BCUT2D eigenvalue weighted by Crippen LogP contribution is -1.99. The van der Waals surface area contributed by atoms with Crippen LogP contribution >= 0.6 is 21.6 Å². The van der Waals surface area contributed by atoms with Gasteiger partial charge in [0.2, 0.25) is 0 Å². The molecule has 0 spiro atoms. The first kappa shape index (κ1) is 14.9. The van der Waals surface area contributed by atoms with Gasteiger partial charge < -0.3 is 10.2 Å². The second-order valence-corrected chi connectivity index (χ2v) is 5.19. The maximum Gasteiger partial charge on any atom is 0.335 e. The first-order valence-electron chi connectivity index (χ1n) is 4.16. The zero-order chi connectivity index (χ0) is 12.6. The summed E-state index contributed by atoms with van der Waals surface area (Å²) in [5.74, 6) is -2.13. The highest BCUT2D eigenvalue weighted by atomic mass is 33.1. The number of hydrogen-bond acceptors (Lipinski definition) is 4. The van der Waals surface area contributed by atoms with Gasteiger partial charge in [0.25, 0.3) is 0 Å². The molecule has 0 heterocycles. The van der Waals surface area contributed by atoms with Crippen molar-refractivity contribution < 1.29 is 19.8 Å². The number of rotatable bonds is 3. The lowest BCUT2D eigenvalue weighted by Gasteiger charge is -1.94. The molecule has 16 heavy (non-hydrogen) atoms. The third-order valence-electron chi connectivity index (χ3n) is 1.55. The van der Waals surface area contributed by atoms with Gasteiger partial charge in [0.15, 0.2) is 0 Å². The van der Waals surface area contributed by atoms with Crippen LogP contribution in [-0.4, -0.2) is 34.7 Å². The van der Waals surface area contributed by atoms with Crippen molar-refractivity contribution in [3.8, 4) is 0 Å². The minimum atomic E-state index is -1.06. The average Bonchev–Trinajstić information content (AvgIpc) is 2.29. The Hall–Kier alpha value is -1.14. The summed E-state index contributed by atoms with van der Waals surface area (Å²) >= 11 is 0. The zero-order valence-electron chi connectivity index (χ0n) is 8.84. The molecular formula is C10H12O4S2. The van der Waals surface area contributed by atoms with E-state index in [0.29, 0.717) is 0 Å². The van der Waals surface area contributed by atoms with Crippen molar-refractivity contribution in [2.45, 2.75) is 0 Å². The van der Waals surface area contributed by atoms with E-state index in [-0.39, 0.29) is 11.1 Å². The second kappa shape index (κ2) is 8.06. The van der Waals surface area contributed by atoms with Crippen LogP contribution < -0.4 is 0 Å². The number of carboxylic acid groups (broad SMARTS) is 2. The summed E-state index contributed by atoms with van der Waals surface area (Å²) in [6.07, 6.45) is 4.12. The Labute approximate surface area is 101 Å². The molecule has 0 aliphatic heterocycles. The van der Waals surface area contributed by atoms with E-state index < -0.39 is 11.9 Å². The van der Waals surface area contributed by atoms with E-state index in [0.717, 1.165) is 0 Å². The first-order valence-corrected chi connectivity index (χ1v) is 7.13. The largest absolute Gasteiger partial charge is 0.478 e. The molecule has 1 aromatic rings. The van der Waals surface area contributed by atoms with E-state index in [2.05, 4.69) is 12.5 Å². The van der Waals surface area contributed by atoms with Gasteiger partial charge in [-0.3, -0.25) is 0 Å². The summed E-state index contributed by atoms with van der Waals surface area (Å²) < 4.78 is 0. The van der Waals surface area contributed by atoms with E-state index in [1.165, 1.54) is 24.3 Å². The maximum atomic E-state index is 10.3. The van der Waals surface area contributed by atoms with Gasteiger partial charge in [0, 0.05) is 0 Å². The molecular weight excluding hydrogens is 248 g/mol. The highest BCUT2D eigenvalue weighted by molar-refractivity contribution is 8.76. The minimum Gasteiger partial charge on any atom is -0.478 e. The highest BCUT2D eigenvalue weighted by Crippen LogP contribution is 2.09. The number of aromatic carboxylic acids is 2. The summed E-state index contributed by atoms with van der Waals surface area (Å²) in [5, 5.41) is 16.9. The summed E-state index contributed by atoms with van der Waals surface area (Å²) in [6, 6.07) is 5.02. The zero-order valence-corrected chi connectivity index (χ0v) is 10.5. The van der Waals surface area contributed by atoms with E-state index in [1.807, 2.05) is 0 Å². The fraction of sp³-hybridized carbons (Fsp3) is 0.200. The molecule has 6 heteroatoms. The van der Waals surface area contributed by atoms with Crippen LogP contribution in [0.2, 0.25) is 0 Å². The van der Waals surface area contributed by atoms with Crippen molar-refractivity contribution in [1.29, 1.82) is 0 Å². The SMILES string of the molecule is CSSC.O=C(O)c1ccc(C(=O)O)cc1. The number of carbonyl (C=O) groups is 2. The van der Waals surface area contributed by atoms with Gasteiger partial charge in [-0.25, -0.2) is 9.59 Å². The van der Waals surface area contributed by atoms with Crippen LogP contribution in [0, 0.1) is 0 Å². The van der Waals surface area contributed by atoms with Crippen molar-refractivity contribution in [3.05, 3.63) is 35.4 Å². The van der Waals surface area contributed by atoms with Crippen molar-refractivity contribution in [3.63, 3.8) is 0 Å². The molecule has 0 aliphatic rings. The van der Waals surface area contributed by atoms with Crippen LogP contribution in [0.1, 0.15) is 20.7 Å². The van der Waals surface area contributed by atoms with Crippen molar-refractivity contribution in [2.24, 2.45) is 0 Å². The normalized spacial score (nSPS) is 8.88. The quantitative estimate of drug-likeness (QED) is 0.814. The third kappa shape index (κ3) is 5.67. The van der Waals surface area contributed by atoms with Crippen LogP contribution in [0.15, 0.2) is 24.3 Å². The molecule has 0 saturated heterocycles. The van der Waals surface area contributed by atoms with Gasteiger partial charge in [-0.1, -0.05) is 21.6 Å². The van der Waals surface area contributed by atoms with Crippen molar-refractivity contribution >= 4 is 33.5 Å². The van der Waals surface area contributed by atoms with Gasteiger partial charge in [-0.05, 0) is 36.8 Å². The Kier molecular flexibility index (Phi) is 7.49. The fourth-order valence-electron chi connectivity index (χ4n) is 0.755. The molecule has 4 nitrogen and oxygen atoms in total. The molecule has 0 fully saturated rings. The second-order valence-electron chi connectivity index (χ2n) is 2.52. The Morgan fingerprint density at radius 3 is 1.25 bits per heavy atom.